The van der Waals surface area contributed by atoms with Crippen molar-refractivity contribution in [2.75, 3.05) is 0 Å². The van der Waals surface area contributed by atoms with Gasteiger partial charge in [0, 0.05) is 5.92 Å². The van der Waals surface area contributed by atoms with Gasteiger partial charge in [-0.15, -0.1) is 0 Å². The summed E-state index contributed by atoms with van der Waals surface area (Å²) in [6.07, 6.45) is 2.08. The molecule has 0 radical (unpaired) electrons. The van der Waals surface area contributed by atoms with E-state index >= 15 is 4.79 Å². The summed E-state index contributed by atoms with van der Waals surface area (Å²) in [5.41, 5.74) is 0.322. The Labute approximate surface area is 239 Å². The van der Waals surface area contributed by atoms with E-state index in [1.165, 1.54) is 0 Å². The summed E-state index contributed by atoms with van der Waals surface area (Å²) >= 11 is 0. The highest BCUT2D eigenvalue weighted by Crippen LogP contribution is 2.47. The number of Topliss-reactive ketones (excluding diaryl/α,β-unsaturated/α-hetero) is 1. The number of hydrogen-bond acceptors (Lipinski definition) is 3. The molecule has 4 rings (SSSR count). The van der Waals surface area contributed by atoms with Crippen LogP contribution in [0, 0.1) is 5.92 Å². The number of hydrogen-bond donors (Lipinski definition) is 0. The van der Waals surface area contributed by atoms with Crippen molar-refractivity contribution in [3.8, 4) is 0 Å². The van der Waals surface area contributed by atoms with E-state index in [4.69, 9.17) is 4.74 Å². The molecule has 0 aliphatic carbocycles. The smallest absolute Gasteiger partial charge is 0.343 e. The van der Waals surface area contributed by atoms with E-state index < -0.39 is 18.5 Å². The number of rotatable bonds is 10. The maximum Gasteiger partial charge on any atom is 0.343 e. The Balaban J connectivity index is 2.15. The first kappa shape index (κ1) is 29.3. The van der Waals surface area contributed by atoms with Gasteiger partial charge in [-0.05, 0) is 62.0 Å². The molecule has 206 valence electrons. The number of ether oxygens (including phenoxy) is 1. The van der Waals surface area contributed by atoms with Crippen LogP contribution >= 0.6 is 6.89 Å². The Morgan fingerprint density at radius 3 is 1.45 bits per heavy atom. The Morgan fingerprint density at radius 2 is 1.07 bits per heavy atom. The number of esters is 1. The van der Waals surface area contributed by atoms with Crippen molar-refractivity contribution < 1.29 is 14.3 Å². The largest absolute Gasteiger partial charge is 0.456 e. The van der Waals surface area contributed by atoms with Gasteiger partial charge < -0.3 is 4.74 Å². The van der Waals surface area contributed by atoms with Gasteiger partial charge in [-0.3, -0.25) is 4.79 Å². The summed E-state index contributed by atoms with van der Waals surface area (Å²) in [4.78, 5) is 29.5. The first-order chi connectivity index (χ1) is 19.3. The normalized spacial score (nSPS) is 12.4. The third-order valence-electron chi connectivity index (χ3n) is 6.92. The standard InChI is InChI=1S/C36H39O3P/c1-5-18-29(27-28-19-10-6-11-20-28)33(37)34(35(38)39-36(2,3)4)40(30-21-12-7-13-22-30,31-23-14-8-15-24-31)32-25-16-9-17-26-32/h6-17,19-26,29H,5,18,27H2,1-4H3. The molecule has 1 atom stereocenters. The zero-order valence-electron chi connectivity index (χ0n) is 23.9. The van der Waals surface area contributed by atoms with Gasteiger partial charge >= 0.3 is 5.97 Å². The highest BCUT2D eigenvalue weighted by molar-refractivity contribution is 7.97. The maximum atomic E-state index is 15.0. The van der Waals surface area contributed by atoms with Gasteiger partial charge in [0.2, 0.25) is 0 Å². The molecule has 0 aromatic heterocycles. The molecule has 0 spiro atoms. The van der Waals surface area contributed by atoms with Crippen LogP contribution in [-0.2, 0) is 20.7 Å². The third-order valence-corrected chi connectivity index (χ3v) is 11.2. The number of carbonyl (C=O) groups excluding carboxylic acids is 2. The molecule has 0 N–H and O–H groups in total. The van der Waals surface area contributed by atoms with Gasteiger partial charge in [0.1, 0.15) is 10.9 Å². The fourth-order valence-corrected chi connectivity index (χ4v) is 9.64. The molecule has 0 saturated heterocycles. The molecule has 0 amide bonds. The van der Waals surface area contributed by atoms with Crippen LogP contribution in [0.3, 0.4) is 0 Å². The summed E-state index contributed by atoms with van der Waals surface area (Å²) in [7, 11) is 0. The van der Waals surface area contributed by atoms with Gasteiger partial charge in [0.05, 0.1) is 0 Å². The first-order valence-electron chi connectivity index (χ1n) is 14.0. The zero-order valence-corrected chi connectivity index (χ0v) is 24.8. The summed E-state index contributed by atoms with van der Waals surface area (Å²) < 4.78 is 6.10. The Kier molecular flexibility index (Phi) is 9.61. The topological polar surface area (TPSA) is 43.4 Å². The molecular weight excluding hydrogens is 511 g/mol. The molecule has 1 unspecified atom stereocenters. The second-order valence-corrected chi connectivity index (χ2v) is 14.4. The minimum atomic E-state index is -2.95. The van der Waals surface area contributed by atoms with Crippen LogP contribution in [0.5, 0.6) is 0 Å². The van der Waals surface area contributed by atoms with E-state index in [1.54, 1.807) is 0 Å². The van der Waals surface area contributed by atoms with Gasteiger partial charge in [0.15, 0.2) is 5.78 Å². The van der Waals surface area contributed by atoms with Crippen molar-refractivity contribution >= 4 is 39.8 Å². The van der Waals surface area contributed by atoms with E-state index in [0.717, 1.165) is 27.9 Å². The van der Waals surface area contributed by atoms with Crippen LogP contribution in [0.4, 0.5) is 0 Å². The van der Waals surface area contributed by atoms with Crippen LogP contribution in [0.15, 0.2) is 121 Å². The molecule has 3 nitrogen and oxygen atoms in total. The summed E-state index contributed by atoms with van der Waals surface area (Å²) in [6, 6.07) is 40.2. The fourth-order valence-electron chi connectivity index (χ4n) is 5.28. The van der Waals surface area contributed by atoms with Gasteiger partial charge in [0.25, 0.3) is 0 Å². The second-order valence-electron chi connectivity index (χ2n) is 11.1. The predicted octanol–water partition coefficient (Wildman–Crippen LogP) is 6.72. The number of benzene rings is 4. The lowest BCUT2D eigenvalue weighted by Crippen LogP contribution is -2.43. The molecule has 0 saturated carbocycles. The average molecular weight is 551 g/mol. The molecule has 4 aromatic carbocycles. The molecule has 0 fully saturated rings. The fraction of sp³-hybridized carbons (Fsp3) is 0.250. The Bertz CT molecular complexity index is 1350. The quantitative estimate of drug-likeness (QED) is 0.125. The second kappa shape index (κ2) is 13.1. The monoisotopic (exact) mass is 550 g/mol. The van der Waals surface area contributed by atoms with Gasteiger partial charge in [-0.1, -0.05) is 135 Å². The Hall–Kier alpha value is -3.68. The SMILES string of the molecule is CCCC(Cc1ccccc1)C(=O)C(C(=O)OC(C)(C)C)=P(c1ccccc1)(c1ccccc1)c1ccccc1. The lowest BCUT2D eigenvalue weighted by molar-refractivity contribution is -0.146. The Morgan fingerprint density at radius 1 is 0.675 bits per heavy atom. The molecular formula is C36H39O3P. The van der Waals surface area contributed by atoms with Gasteiger partial charge in [-0.2, -0.15) is 0 Å². The van der Waals surface area contributed by atoms with E-state index in [9.17, 15) is 4.79 Å². The molecule has 0 bridgehead atoms. The van der Waals surface area contributed by atoms with E-state index in [2.05, 4.69) is 55.5 Å². The molecule has 4 aromatic rings. The van der Waals surface area contributed by atoms with Crippen molar-refractivity contribution in [2.45, 2.75) is 52.6 Å². The average Bonchev–Trinajstić information content (AvgIpc) is 2.96. The van der Waals surface area contributed by atoms with E-state index in [0.29, 0.717) is 12.8 Å². The predicted molar refractivity (Wildman–Crippen MR) is 170 cm³/mol. The minimum Gasteiger partial charge on any atom is -0.456 e. The van der Waals surface area contributed by atoms with Crippen LogP contribution in [0.2, 0.25) is 0 Å². The van der Waals surface area contributed by atoms with Crippen molar-refractivity contribution in [2.24, 2.45) is 5.92 Å². The van der Waals surface area contributed by atoms with Gasteiger partial charge in [-0.25, -0.2) is 4.79 Å². The highest BCUT2D eigenvalue weighted by Gasteiger charge is 2.40. The lowest BCUT2D eigenvalue weighted by atomic mass is 9.89. The molecule has 4 heteroatoms. The van der Waals surface area contributed by atoms with Crippen LogP contribution < -0.4 is 15.9 Å². The highest BCUT2D eigenvalue weighted by atomic mass is 31.2. The van der Waals surface area contributed by atoms with Crippen LogP contribution in [0.1, 0.15) is 46.1 Å². The molecule has 40 heavy (non-hydrogen) atoms. The van der Waals surface area contributed by atoms with E-state index in [-0.39, 0.29) is 17.0 Å². The van der Waals surface area contributed by atoms with Crippen molar-refractivity contribution in [3.63, 3.8) is 0 Å². The van der Waals surface area contributed by atoms with Crippen molar-refractivity contribution in [1.82, 2.24) is 0 Å². The number of carbonyl (C=O) groups is 2. The lowest BCUT2D eigenvalue weighted by Gasteiger charge is -2.33. The number of ketones is 1. The summed E-state index contributed by atoms with van der Waals surface area (Å²) in [5.74, 6) is -1.01. The summed E-state index contributed by atoms with van der Waals surface area (Å²) in [6.45, 7) is 4.70. The first-order valence-corrected chi connectivity index (χ1v) is 15.8. The molecule has 0 heterocycles. The van der Waals surface area contributed by atoms with E-state index in [1.807, 2.05) is 93.6 Å². The van der Waals surface area contributed by atoms with Crippen molar-refractivity contribution in [3.05, 3.63) is 127 Å². The summed E-state index contributed by atoms with van der Waals surface area (Å²) in [5, 5.41) is 3.13. The van der Waals surface area contributed by atoms with Crippen LogP contribution in [0.25, 0.3) is 0 Å². The molecule has 0 aliphatic heterocycles. The maximum absolute atomic E-state index is 15.0. The van der Waals surface area contributed by atoms with Crippen LogP contribution in [-0.4, -0.2) is 22.6 Å². The zero-order chi connectivity index (χ0) is 28.6. The third kappa shape index (κ3) is 6.54. The minimum absolute atomic E-state index is 0.121. The molecule has 0 aliphatic rings. The van der Waals surface area contributed by atoms with Crippen molar-refractivity contribution in [1.29, 1.82) is 0 Å².